The molecule has 0 saturated carbocycles. The van der Waals surface area contributed by atoms with Crippen LogP contribution >= 0.6 is 11.6 Å². The summed E-state index contributed by atoms with van der Waals surface area (Å²) in [6.45, 7) is 1.49. The van der Waals surface area contributed by atoms with Gasteiger partial charge < -0.3 is 4.74 Å². The Balaban J connectivity index is 2.24. The number of ether oxygens (including phenoxy) is 1. The molecule has 0 N–H and O–H groups in total. The number of hydrogen-bond donors (Lipinski definition) is 0. The molecule has 96 valence electrons. The molecule has 0 bridgehead atoms. The van der Waals surface area contributed by atoms with Crippen molar-refractivity contribution in [1.29, 1.82) is 5.26 Å². The first-order chi connectivity index (χ1) is 9.11. The first-order valence-electron chi connectivity index (χ1n) is 5.52. The number of hydrogen-bond acceptors (Lipinski definition) is 4. The molecule has 2 rings (SSSR count). The number of rotatable bonds is 3. The van der Waals surface area contributed by atoms with Crippen LogP contribution in [0.1, 0.15) is 12.6 Å². The van der Waals surface area contributed by atoms with E-state index in [1.807, 2.05) is 18.2 Å². The number of pyridine rings is 1. The van der Waals surface area contributed by atoms with E-state index in [2.05, 4.69) is 4.98 Å². The number of aromatic nitrogens is 2. The molecule has 5 nitrogen and oxygen atoms in total. The Morgan fingerprint density at radius 1 is 1.63 bits per heavy atom. The second-order valence-electron chi connectivity index (χ2n) is 3.76. The largest absolute Gasteiger partial charge is 0.444 e. The smallest absolute Gasteiger partial charge is 0.332 e. The monoisotopic (exact) mass is 275 g/mol. The van der Waals surface area contributed by atoms with E-state index in [1.54, 1.807) is 16.7 Å². The van der Waals surface area contributed by atoms with Crippen LogP contribution in [-0.2, 0) is 9.53 Å². The van der Waals surface area contributed by atoms with E-state index in [9.17, 15) is 4.79 Å². The average Bonchev–Trinajstić information content (AvgIpc) is 2.71. The lowest BCUT2D eigenvalue weighted by atomic mass is 10.4. The van der Waals surface area contributed by atoms with Gasteiger partial charge in [-0.25, -0.2) is 9.78 Å². The zero-order valence-corrected chi connectivity index (χ0v) is 10.8. The van der Waals surface area contributed by atoms with Crippen LogP contribution in [0, 0.1) is 11.3 Å². The number of fused-ring (bicyclic) bond motifs is 1. The van der Waals surface area contributed by atoms with Gasteiger partial charge in [-0.3, -0.25) is 4.40 Å². The molecular formula is C13H10ClN3O2. The number of halogens is 1. The lowest BCUT2D eigenvalue weighted by Gasteiger charge is -2.01. The molecule has 0 aliphatic rings. The van der Waals surface area contributed by atoms with E-state index in [0.29, 0.717) is 16.5 Å². The summed E-state index contributed by atoms with van der Waals surface area (Å²) in [5.74, 6) is -0.601. The van der Waals surface area contributed by atoms with Crippen molar-refractivity contribution < 1.29 is 9.53 Å². The summed E-state index contributed by atoms with van der Waals surface area (Å²) in [6.07, 6.45) is 3.73. The third-order valence-electron chi connectivity index (χ3n) is 2.37. The summed E-state index contributed by atoms with van der Waals surface area (Å²) in [6, 6.07) is 7.29. The highest BCUT2D eigenvalue weighted by molar-refractivity contribution is 6.31. The van der Waals surface area contributed by atoms with Crippen LogP contribution in [0.3, 0.4) is 0 Å². The topological polar surface area (TPSA) is 67.4 Å². The number of carbonyl (C=O) groups is 1. The molecular weight excluding hydrogens is 266 g/mol. The summed E-state index contributed by atoms with van der Waals surface area (Å²) in [5, 5.41) is 8.83. The van der Waals surface area contributed by atoms with E-state index in [4.69, 9.17) is 21.6 Å². The highest BCUT2D eigenvalue weighted by Crippen LogP contribution is 2.18. The predicted molar refractivity (Wildman–Crippen MR) is 70.4 cm³/mol. The van der Waals surface area contributed by atoms with Gasteiger partial charge in [-0.2, -0.15) is 5.26 Å². The third-order valence-corrected chi connectivity index (χ3v) is 2.65. The van der Waals surface area contributed by atoms with E-state index in [1.165, 1.54) is 19.1 Å². The lowest BCUT2D eigenvalue weighted by molar-refractivity contribution is -0.139. The van der Waals surface area contributed by atoms with Crippen molar-refractivity contribution in [3.05, 3.63) is 41.3 Å². The van der Waals surface area contributed by atoms with Gasteiger partial charge in [0.2, 0.25) is 0 Å². The van der Waals surface area contributed by atoms with Gasteiger partial charge in [-0.1, -0.05) is 17.7 Å². The standard InChI is InChI=1S/C13H10ClN3O2/c1-9(8-15)19-12(18)6-5-10-13(14)16-11-4-2-3-7-17(10)11/h2-7,9H,1H3/b6-5+/t9-/m0/s1. The van der Waals surface area contributed by atoms with Gasteiger partial charge in [0, 0.05) is 12.3 Å². The maximum absolute atomic E-state index is 11.4. The molecule has 19 heavy (non-hydrogen) atoms. The normalized spacial score (nSPS) is 12.5. The molecule has 0 aliphatic carbocycles. The second-order valence-corrected chi connectivity index (χ2v) is 4.12. The van der Waals surface area contributed by atoms with Crippen molar-refractivity contribution in [2.45, 2.75) is 13.0 Å². The molecule has 0 amide bonds. The van der Waals surface area contributed by atoms with E-state index < -0.39 is 12.1 Å². The van der Waals surface area contributed by atoms with Crippen LogP contribution < -0.4 is 0 Å². The molecule has 6 heteroatoms. The molecule has 2 aromatic heterocycles. The maximum atomic E-state index is 11.4. The van der Waals surface area contributed by atoms with Crippen LogP contribution in [0.15, 0.2) is 30.5 Å². The number of nitrogens with zero attached hydrogens (tertiary/aromatic N) is 3. The lowest BCUT2D eigenvalue weighted by Crippen LogP contribution is -2.10. The summed E-state index contributed by atoms with van der Waals surface area (Å²) in [5.41, 5.74) is 1.27. The number of imidazole rings is 1. The first kappa shape index (κ1) is 13.1. The molecule has 1 atom stereocenters. The zero-order chi connectivity index (χ0) is 13.8. The summed E-state index contributed by atoms with van der Waals surface area (Å²) < 4.78 is 6.54. The van der Waals surface area contributed by atoms with Gasteiger partial charge in [-0.15, -0.1) is 0 Å². The predicted octanol–water partition coefficient (Wildman–Crippen LogP) is 2.46. The van der Waals surface area contributed by atoms with Crippen LogP contribution in [0.5, 0.6) is 0 Å². The van der Waals surface area contributed by atoms with Gasteiger partial charge in [0.1, 0.15) is 11.7 Å². The third kappa shape index (κ3) is 2.92. The maximum Gasteiger partial charge on any atom is 0.332 e. The molecule has 0 radical (unpaired) electrons. The molecule has 0 unspecified atom stereocenters. The molecule has 2 heterocycles. The Kier molecular flexibility index (Phi) is 3.83. The van der Waals surface area contributed by atoms with Crippen LogP contribution in [0.4, 0.5) is 0 Å². The Labute approximate surface area is 114 Å². The van der Waals surface area contributed by atoms with Crippen molar-refractivity contribution in [1.82, 2.24) is 9.38 Å². The minimum atomic E-state index is -0.783. The van der Waals surface area contributed by atoms with E-state index in [0.717, 1.165) is 0 Å². The van der Waals surface area contributed by atoms with Crippen LogP contribution in [0.25, 0.3) is 11.7 Å². The minimum Gasteiger partial charge on any atom is -0.444 e. The van der Waals surface area contributed by atoms with E-state index >= 15 is 0 Å². The van der Waals surface area contributed by atoms with Gasteiger partial charge in [0.25, 0.3) is 0 Å². The fourth-order valence-electron chi connectivity index (χ4n) is 1.52. The van der Waals surface area contributed by atoms with Crippen molar-refractivity contribution in [3.63, 3.8) is 0 Å². The Morgan fingerprint density at radius 2 is 2.42 bits per heavy atom. The fourth-order valence-corrected chi connectivity index (χ4v) is 1.76. The molecule has 0 saturated heterocycles. The summed E-state index contributed by atoms with van der Waals surface area (Å²) in [7, 11) is 0. The van der Waals surface area contributed by atoms with Crippen LogP contribution in [-0.4, -0.2) is 21.5 Å². The fraction of sp³-hybridized carbons (Fsp3) is 0.154. The molecule has 0 fully saturated rings. The highest BCUT2D eigenvalue weighted by atomic mass is 35.5. The van der Waals surface area contributed by atoms with E-state index in [-0.39, 0.29) is 0 Å². The summed E-state index contributed by atoms with van der Waals surface area (Å²) >= 11 is 6.00. The van der Waals surface area contributed by atoms with Gasteiger partial charge >= 0.3 is 5.97 Å². The second kappa shape index (κ2) is 5.55. The van der Waals surface area contributed by atoms with Crippen molar-refractivity contribution in [3.8, 4) is 6.07 Å². The summed E-state index contributed by atoms with van der Waals surface area (Å²) in [4.78, 5) is 15.6. The number of nitriles is 1. The Morgan fingerprint density at radius 3 is 3.16 bits per heavy atom. The van der Waals surface area contributed by atoms with Gasteiger partial charge in [0.15, 0.2) is 11.3 Å². The Hall–Kier alpha value is -2.32. The molecule has 2 aromatic rings. The van der Waals surface area contributed by atoms with Crippen molar-refractivity contribution in [2.24, 2.45) is 0 Å². The van der Waals surface area contributed by atoms with Crippen molar-refractivity contribution >= 4 is 29.3 Å². The highest BCUT2D eigenvalue weighted by Gasteiger charge is 2.08. The van der Waals surface area contributed by atoms with Crippen LogP contribution in [0.2, 0.25) is 5.15 Å². The SMILES string of the molecule is C[C@@H](C#N)OC(=O)/C=C/c1c(Cl)nc2ccccn12. The van der Waals surface area contributed by atoms with Crippen molar-refractivity contribution in [2.75, 3.05) is 0 Å². The van der Waals surface area contributed by atoms with Gasteiger partial charge in [0.05, 0.1) is 5.69 Å². The zero-order valence-electron chi connectivity index (χ0n) is 10.1. The number of esters is 1. The average molecular weight is 276 g/mol. The van der Waals surface area contributed by atoms with Gasteiger partial charge in [-0.05, 0) is 25.1 Å². The molecule has 0 aromatic carbocycles. The molecule has 0 spiro atoms. The quantitative estimate of drug-likeness (QED) is 0.637. The molecule has 0 aliphatic heterocycles. The Bertz CT molecular complexity index is 685. The first-order valence-corrected chi connectivity index (χ1v) is 5.90. The number of carbonyl (C=O) groups excluding carboxylic acids is 1. The minimum absolute atomic E-state index is 0.295.